The van der Waals surface area contributed by atoms with Gasteiger partial charge in [0.15, 0.2) is 11.5 Å². The Hall–Kier alpha value is -2.54. The second kappa shape index (κ2) is 5.92. The monoisotopic (exact) mass is 333 g/mol. The summed E-state index contributed by atoms with van der Waals surface area (Å²) in [6.07, 6.45) is 0. The van der Waals surface area contributed by atoms with E-state index in [1.807, 2.05) is 0 Å². The van der Waals surface area contributed by atoms with Crippen LogP contribution in [0.2, 0.25) is 0 Å². The smallest absolute Gasteiger partial charge is 0.269 e. The predicted octanol–water partition coefficient (Wildman–Crippen LogP) is 1.92. The van der Waals surface area contributed by atoms with Gasteiger partial charge in [-0.3, -0.25) is 4.79 Å². The second-order valence-corrected chi connectivity index (χ2v) is 6.71. The number of carbonyl (C=O) groups excluding carboxylic acids is 1. The number of methoxy groups -OCH3 is 1. The molecule has 0 aliphatic carbocycles. The molecule has 1 heterocycles. The van der Waals surface area contributed by atoms with Gasteiger partial charge < -0.3 is 9.47 Å². The average molecular weight is 333 g/mol. The van der Waals surface area contributed by atoms with Crippen LogP contribution in [-0.2, 0) is 10.0 Å². The van der Waals surface area contributed by atoms with E-state index in [2.05, 4.69) is 0 Å². The van der Waals surface area contributed by atoms with Crippen molar-refractivity contribution in [2.24, 2.45) is 0 Å². The molecule has 23 heavy (non-hydrogen) atoms. The molecule has 0 aromatic heterocycles. The van der Waals surface area contributed by atoms with Gasteiger partial charge in [0, 0.05) is 0 Å². The predicted molar refractivity (Wildman–Crippen MR) is 83.2 cm³/mol. The van der Waals surface area contributed by atoms with Gasteiger partial charge in [0.2, 0.25) is 0 Å². The Balaban J connectivity index is 1.74. The summed E-state index contributed by atoms with van der Waals surface area (Å²) in [5, 5.41) is 0. The Kier molecular flexibility index (Phi) is 3.96. The number of hydrogen-bond donors (Lipinski definition) is 0. The highest BCUT2D eigenvalue weighted by Gasteiger charge is 2.40. The third-order valence-corrected chi connectivity index (χ3v) is 5.37. The minimum atomic E-state index is -3.79. The van der Waals surface area contributed by atoms with E-state index in [-0.39, 0.29) is 23.6 Å². The first-order valence-electron chi connectivity index (χ1n) is 6.97. The number of ether oxygens (including phenoxy) is 2. The minimum absolute atomic E-state index is 0.0410. The molecule has 1 aliphatic rings. The highest BCUT2D eigenvalue weighted by molar-refractivity contribution is 7.90. The lowest BCUT2D eigenvalue weighted by atomic mass is 10.2. The molecule has 7 heteroatoms. The van der Waals surface area contributed by atoms with Crippen molar-refractivity contribution in [3.8, 4) is 11.5 Å². The number of fused-ring (bicyclic) bond motifs is 1. The molecule has 1 aliphatic heterocycles. The van der Waals surface area contributed by atoms with E-state index < -0.39 is 15.9 Å². The highest BCUT2D eigenvalue weighted by Crippen LogP contribution is 2.30. The van der Waals surface area contributed by atoms with Crippen molar-refractivity contribution in [2.75, 3.05) is 20.3 Å². The molecule has 0 bridgehead atoms. The van der Waals surface area contributed by atoms with Crippen LogP contribution in [0.25, 0.3) is 0 Å². The fraction of sp³-hybridized carbons (Fsp3) is 0.188. The number of amides is 1. The first-order chi connectivity index (χ1) is 11.1. The van der Waals surface area contributed by atoms with Crippen molar-refractivity contribution >= 4 is 15.9 Å². The van der Waals surface area contributed by atoms with Crippen LogP contribution in [0.15, 0.2) is 53.4 Å². The maximum Gasteiger partial charge on any atom is 0.269 e. The topological polar surface area (TPSA) is 72.9 Å². The van der Waals surface area contributed by atoms with Gasteiger partial charge in [0.1, 0.15) is 11.5 Å². The van der Waals surface area contributed by atoms with E-state index in [0.29, 0.717) is 11.5 Å². The molecule has 0 unspecified atom stereocenters. The number of sulfonamides is 1. The summed E-state index contributed by atoms with van der Waals surface area (Å²) in [6.45, 7) is -0.0206. The summed E-state index contributed by atoms with van der Waals surface area (Å²) in [5.41, 5.74) is 0.199. The lowest BCUT2D eigenvalue weighted by Crippen LogP contribution is -2.33. The van der Waals surface area contributed by atoms with Crippen molar-refractivity contribution in [3.05, 3.63) is 54.1 Å². The molecule has 2 aromatic rings. The van der Waals surface area contributed by atoms with Gasteiger partial charge in [-0.2, -0.15) is 0 Å². The van der Waals surface area contributed by atoms with Gasteiger partial charge in [0.25, 0.3) is 15.9 Å². The van der Waals surface area contributed by atoms with Crippen molar-refractivity contribution in [3.63, 3.8) is 0 Å². The molecule has 3 rings (SSSR count). The summed E-state index contributed by atoms with van der Waals surface area (Å²) in [6, 6.07) is 13.2. The molecule has 0 fully saturated rings. The summed E-state index contributed by atoms with van der Waals surface area (Å²) >= 11 is 0. The summed E-state index contributed by atoms with van der Waals surface area (Å²) < 4.78 is 36.3. The van der Waals surface area contributed by atoms with Crippen LogP contribution >= 0.6 is 0 Å². The second-order valence-electron chi connectivity index (χ2n) is 4.88. The molecule has 120 valence electrons. The zero-order valence-corrected chi connectivity index (χ0v) is 13.2. The summed E-state index contributed by atoms with van der Waals surface area (Å²) in [5.74, 6) is 0.521. The lowest BCUT2D eigenvalue weighted by molar-refractivity contribution is 0.0856. The van der Waals surface area contributed by atoms with Crippen LogP contribution in [0.3, 0.4) is 0 Å². The van der Waals surface area contributed by atoms with E-state index >= 15 is 0 Å². The Morgan fingerprint density at radius 3 is 2.35 bits per heavy atom. The van der Waals surface area contributed by atoms with Gasteiger partial charge in [-0.15, -0.1) is 0 Å². The Morgan fingerprint density at radius 2 is 1.65 bits per heavy atom. The van der Waals surface area contributed by atoms with Gasteiger partial charge in [-0.1, -0.05) is 24.3 Å². The molecule has 0 N–H and O–H groups in total. The van der Waals surface area contributed by atoms with E-state index in [9.17, 15) is 13.2 Å². The SMILES string of the molecule is COc1ccccc1OCCN1C(=O)c2ccccc2S1(=O)=O. The highest BCUT2D eigenvalue weighted by atomic mass is 32.2. The molecular weight excluding hydrogens is 318 g/mol. The first-order valence-corrected chi connectivity index (χ1v) is 8.41. The lowest BCUT2D eigenvalue weighted by Gasteiger charge is -2.16. The molecule has 0 atom stereocenters. The van der Waals surface area contributed by atoms with Crippen molar-refractivity contribution in [1.82, 2.24) is 4.31 Å². The largest absolute Gasteiger partial charge is 0.493 e. The van der Waals surface area contributed by atoms with Gasteiger partial charge in [-0.25, -0.2) is 12.7 Å². The van der Waals surface area contributed by atoms with Gasteiger partial charge in [0.05, 0.1) is 19.2 Å². The third-order valence-electron chi connectivity index (χ3n) is 3.53. The first kappa shape index (κ1) is 15.4. The van der Waals surface area contributed by atoms with Crippen molar-refractivity contribution in [1.29, 1.82) is 0 Å². The minimum Gasteiger partial charge on any atom is -0.493 e. The fourth-order valence-corrected chi connectivity index (χ4v) is 3.98. The van der Waals surface area contributed by atoms with Crippen molar-refractivity contribution in [2.45, 2.75) is 4.90 Å². The summed E-state index contributed by atoms with van der Waals surface area (Å²) in [4.78, 5) is 12.3. The molecule has 0 saturated heterocycles. The van der Waals surface area contributed by atoms with Crippen LogP contribution in [0.1, 0.15) is 10.4 Å². The Morgan fingerprint density at radius 1 is 1.00 bits per heavy atom. The molecular formula is C16H15NO5S. The van der Waals surface area contributed by atoms with Gasteiger partial charge in [-0.05, 0) is 24.3 Å². The van der Waals surface area contributed by atoms with E-state index in [1.54, 1.807) is 36.4 Å². The number of benzene rings is 2. The zero-order chi connectivity index (χ0) is 16.4. The molecule has 1 amide bonds. The maximum absolute atomic E-state index is 12.4. The number of carbonyl (C=O) groups is 1. The van der Waals surface area contributed by atoms with E-state index in [1.165, 1.54) is 19.2 Å². The molecule has 0 saturated carbocycles. The van der Waals surface area contributed by atoms with Crippen LogP contribution in [0.5, 0.6) is 11.5 Å². The van der Waals surface area contributed by atoms with Crippen LogP contribution in [0.4, 0.5) is 0 Å². The third kappa shape index (κ3) is 2.63. The Bertz CT molecular complexity index is 847. The number of nitrogens with zero attached hydrogens (tertiary/aromatic N) is 1. The van der Waals surface area contributed by atoms with Crippen molar-refractivity contribution < 1.29 is 22.7 Å². The molecule has 0 radical (unpaired) electrons. The number of rotatable bonds is 5. The molecule has 0 spiro atoms. The fourth-order valence-electron chi connectivity index (χ4n) is 2.43. The quantitative estimate of drug-likeness (QED) is 0.836. The normalized spacial score (nSPS) is 15.3. The maximum atomic E-state index is 12.4. The van der Waals surface area contributed by atoms with E-state index in [4.69, 9.17) is 9.47 Å². The van der Waals surface area contributed by atoms with Crippen LogP contribution in [0, 0.1) is 0 Å². The molecule has 6 nitrogen and oxygen atoms in total. The summed E-state index contributed by atoms with van der Waals surface area (Å²) in [7, 11) is -2.27. The molecule has 2 aromatic carbocycles. The number of hydrogen-bond acceptors (Lipinski definition) is 5. The van der Waals surface area contributed by atoms with Crippen LogP contribution < -0.4 is 9.47 Å². The Labute approximate surface area is 134 Å². The standard InChI is InChI=1S/C16H15NO5S/c1-21-13-7-3-4-8-14(13)22-11-10-17-16(18)12-6-2-5-9-15(12)23(17,19)20/h2-9H,10-11H2,1H3. The zero-order valence-electron chi connectivity index (χ0n) is 12.4. The van der Waals surface area contributed by atoms with Gasteiger partial charge >= 0.3 is 0 Å². The van der Waals surface area contributed by atoms with E-state index in [0.717, 1.165) is 4.31 Å². The van der Waals surface area contributed by atoms with Crippen LogP contribution in [-0.4, -0.2) is 38.9 Å². The average Bonchev–Trinajstić information content (AvgIpc) is 2.76. The number of para-hydroxylation sites is 2.